The van der Waals surface area contributed by atoms with E-state index in [1.165, 1.54) is 0 Å². The minimum Gasteiger partial charge on any atom is -0.368 e. The van der Waals surface area contributed by atoms with Crippen LogP contribution in [-0.2, 0) is 9.53 Å². The number of carbonyl (C=O) groups excluding carboxylic acids is 1. The van der Waals surface area contributed by atoms with E-state index in [2.05, 4.69) is 5.32 Å². The molecule has 1 rings (SSSR count). The quantitative estimate of drug-likeness (QED) is 0.706. The number of hydrogen-bond acceptors (Lipinski definition) is 2. The normalized spacial score (nSPS) is 25.2. The lowest BCUT2D eigenvalue weighted by Gasteiger charge is -2.21. The van der Waals surface area contributed by atoms with Gasteiger partial charge in [-0.1, -0.05) is 0 Å². The van der Waals surface area contributed by atoms with Crippen LogP contribution in [0.25, 0.3) is 0 Å². The van der Waals surface area contributed by atoms with Crippen molar-refractivity contribution in [3.63, 3.8) is 0 Å². The number of amides is 1. The van der Waals surface area contributed by atoms with Gasteiger partial charge in [0.2, 0.25) is 5.91 Å². The highest BCUT2D eigenvalue weighted by Gasteiger charge is 2.21. The van der Waals surface area contributed by atoms with Crippen LogP contribution in [0.4, 0.5) is 0 Å². The van der Waals surface area contributed by atoms with Gasteiger partial charge in [0.05, 0.1) is 0 Å². The number of halogens is 1. The summed E-state index contributed by atoms with van der Waals surface area (Å²) >= 11 is 5.71. The zero-order valence-corrected chi connectivity index (χ0v) is 8.64. The lowest BCUT2D eigenvalue weighted by molar-refractivity contribution is -0.135. The molecule has 0 saturated carbocycles. The third kappa shape index (κ3) is 3.96. The molecule has 1 heterocycles. The Bertz CT molecular complexity index is 167. The second-order valence-electron chi connectivity index (χ2n) is 3.38. The van der Waals surface area contributed by atoms with E-state index >= 15 is 0 Å². The van der Waals surface area contributed by atoms with Crippen molar-refractivity contribution in [2.45, 2.75) is 37.7 Å². The van der Waals surface area contributed by atoms with Crippen LogP contribution in [0.3, 0.4) is 0 Å². The third-order valence-corrected chi connectivity index (χ3v) is 2.18. The zero-order valence-electron chi connectivity index (χ0n) is 7.88. The number of rotatable bonds is 3. The van der Waals surface area contributed by atoms with Crippen LogP contribution in [0.2, 0.25) is 0 Å². The molecule has 0 aromatic rings. The SMILES string of the molecule is CC(Cl)CNC(=O)C1CCCCO1. The molecular weight excluding hydrogens is 190 g/mol. The first-order valence-corrected chi connectivity index (χ1v) is 5.17. The van der Waals surface area contributed by atoms with Crippen molar-refractivity contribution in [1.82, 2.24) is 5.32 Å². The summed E-state index contributed by atoms with van der Waals surface area (Å²) in [6.07, 6.45) is 2.73. The molecule has 0 aromatic carbocycles. The molecule has 1 aliphatic rings. The van der Waals surface area contributed by atoms with E-state index in [9.17, 15) is 4.79 Å². The maximum Gasteiger partial charge on any atom is 0.249 e. The molecular formula is C9H16ClNO2. The van der Waals surface area contributed by atoms with Gasteiger partial charge in [-0.25, -0.2) is 0 Å². The van der Waals surface area contributed by atoms with Crippen LogP contribution in [0.5, 0.6) is 0 Å². The number of hydrogen-bond donors (Lipinski definition) is 1. The van der Waals surface area contributed by atoms with Crippen molar-refractivity contribution in [2.75, 3.05) is 13.2 Å². The van der Waals surface area contributed by atoms with Gasteiger partial charge < -0.3 is 10.1 Å². The fourth-order valence-electron chi connectivity index (χ4n) is 1.30. The highest BCUT2D eigenvalue weighted by Crippen LogP contribution is 2.12. The van der Waals surface area contributed by atoms with Gasteiger partial charge in [0.25, 0.3) is 0 Å². The molecule has 13 heavy (non-hydrogen) atoms. The Labute approximate surface area is 83.8 Å². The maximum absolute atomic E-state index is 11.4. The molecule has 2 unspecified atom stereocenters. The van der Waals surface area contributed by atoms with Crippen molar-refractivity contribution in [2.24, 2.45) is 0 Å². The van der Waals surface area contributed by atoms with Gasteiger partial charge in [0.15, 0.2) is 0 Å². The van der Waals surface area contributed by atoms with Crippen molar-refractivity contribution in [3.8, 4) is 0 Å². The van der Waals surface area contributed by atoms with E-state index in [-0.39, 0.29) is 17.4 Å². The summed E-state index contributed by atoms with van der Waals surface area (Å²) in [5, 5.41) is 2.74. The predicted molar refractivity (Wildman–Crippen MR) is 51.9 cm³/mol. The van der Waals surface area contributed by atoms with Crippen LogP contribution in [0, 0.1) is 0 Å². The van der Waals surface area contributed by atoms with E-state index in [0.717, 1.165) is 19.3 Å². The van der Waals surface area contributed by atoms with Crippen molar-refractivity contribution in [1.29, 1.82) is 0 Å². The molecule has 1 fully saturated rings. The maximum atomic E-state index is 11.4. The summed E-state index contributed by atoms with van der Waals surface area (Å²) in [6.45, 7) is 3.07. The van der Waals surface area contributed by atoms with E-state index in [1.54, 1.807) is 0 Å². The molecule has 0 spiro atoms. The number of alkyl halides is 1. The molecule has 1 saturated heterocycles. The van der Waals surface area contributed by atoms with Crippen LogP contribution < -0.4 is 5.32 Å². The van der Waals surface area contributed by atoms with E-state index in [0.29, 0.717) is 13.2 Å². The van der Waals surface area contributed by atoms with E-state index in [1.807, 2.05) is 6.92 Å². The van der Waals surface area contributed by atoms with E-state index in [4.69, 9.17) is 16.3 Å². The monoisotopic (exact) mass is 205 g/mol. The van der Waals surface area contributed by atoms with Gasteiger partial charge in [-0.3, -0.25) is 4.79 Å². The number of carbonyl (C=O) groups is 1. The Morgan fingerprint density at radius 2 is 2.46 bits per heavy atom. The van der Waals surface area contributed by atoms with Gasteiger partial charge in [-0.15, -0.1) is 11.6 Å². The molecule has 1 N–H and O–H groups in total. The van der Waals surface area contributed by atoms with Crippen LogP contribution in [-0.4, -0.2) is 30.5 Å². The largest absolute Gasteiger partial charge is 0.368 e. The number of nitrogens with one attached hydrogen (secondary N) is 1. The first-order valence-electron chi connectivity index (χ1n) is 4.73. The Kier molecular flexibility index (Phi) is 4.53. The fraction of sp³-hybridized carbons (Fsp3) is 0.889. The molecule has 4 heteroatoms. The van der Waals surface area contributed by atoms with Crippen molar-refractivity contribution in [3.05, 3.63) is 0 Å². The first-order chi connectivity index (χ1) is 6.20. The van der Waals surface area contributed by atoms with Gasteiger partial charge in [0.1, 0.15) is 6.10 Å². The Hall–Kier alpha value is -0.280. The molecule has 1 aliphatic heterocycles. The summed E-state index contributed by atoms with van der Waals surface area (Å²) < 4.78 is 5.32. The Balaban J connectivity index is 2.21. The minimum absolute atomic E-state index is 0.0208. The Morgan fingerprint density at radius 1 is 1.69 bits per heavy atom. The fourth-order valence-corrected chi connectivity index (χ4v) is 1.38. The lowest BCUT2D eigenvalue weighted by Crippen LogP contribution is -2.40. The van der Waals surface area contributed by atoms with Gasteiger partial charge >= 0.3 is 0 Å². The number of ether oxygens (including phenoxy) is 1. The van der Waals surface area contributed by atoms with Gasteiger partial charge in [-0.2, -0.15) is 0 Å². The minimum atomic E-state index is -0.246. The topological polar surface area (TPSA) is 38.3 Å². The van der Waals surface area contributed by atoms with Gasteiger partial charge in [-0.05, 0) is 26.2 Å². The molecule has 0 bridgehead atoms. The summed E-state index contributed by atoms with van der Waals surface area (Å²) in [5.74, 6) is -0.0211. The standard InChI is InChI=1S/C9H16ClNO2/c1-7(10)6-11-9(12)8-4-2-3-5-13-8/h7-8H,2-6H2,1H3,(H,11,12). The average molecular weight is 206 g/mol. The molecule has 3 nitrogen and oxygen atoms in total. The second kappa shape index (κ2) is 5.45. The summed E-state index contributed by atoms with van der Waals surface area (Å²) in [6, 6.07) is 0. The molecule has 1 amide bonds. The summed E-state index contributed by atoms with van der Waals surface area (Å²) in [7, 11) is 0. The average Bonchev–Trinajstić information content (AvgIpc) is 2.15. The molecule has 0 aromatic heterocycles. The smallest absolute Gasteiger partial charge is 0.249 e. The second-order valence-corrected chi connectivity index (χ2v) is 4.13. The summed E-state index contributed by atoms with van der Waals surface area (Å²) in [5.41, 5.74) is 0. The Morgan fingerprint density at radius 3 is 3.00 bits per heavy atom. The van der Waals surface area contributed by atoms with Gasteiger partial charge in [0, 0.05) is 18.5 Å². The van der Waals surface area contributed by atoms with Crippen molar-refractivity contribution < 1.29 is 9.53 Å². The molecule has 0 radical (unpaired) electrons. The zero-order chi connectivity index (χ0) is 9.68. The first kappa shape index (κ1) is 10.8. The van der Waals surface area contributed by atoms with Crippen LogP contribution in [0.15, 0.2) is 0 Å². The third-order valence-electron chi connectivity index (χ3n) is 2.03. The molecule has 2 atom stereocenters. The van der Waals surface area contributed by atoms with Crippen molar-refractivity contribution >= 4 is 17.5 Å². The molecule has 76 valence electrons. The highest BCUT2D eigenvalue weighted by molar-refractivity contribution is 6.20. The lowest BCUT2D eigenvalue weighted by atomic mass is 10.1. The highest BCUT2D eigenvalue weighted by atomic mass is 35.5. The predicted octanol–water partition coefficient (Wildman–Crippen LogP) is 1.30. The molecule has 0 aliphatic carbocycles. The van der Waals surface area contributed by atoms with Crippen LogP contribution >= 0.6 is 11.6 Å². The van der Waals surface area contributed by atoms with Crippen LogP contribution in [0.1, 0.15) is 26.2 Å². The van der Waals surface area contributed by atoms with E-state index < -0.39 is 0 Å². The summed E-state index contributed by atoms with van der Waals surface area (Å²) in [4.78, 5) is 11.4.